The number of carboxylic acid groups (broad SMARTS) is 1. The topological polar surface area (TPSA) is 83.5 Å². The van der Waals surface area contributed by atoms with Gasteiger partial charge in [-0.25, -0.2) is 13.1 Å². The van der Waals surface area contributed by atoms with E-state index in [-0.39, 0.29) is 27.8 Å². The third kappa shape index (κ3) is 4.85. The Bertz CT molecular complexity index is 656. The number of carbonyl (C=O) groups is 1. The molecule has 0 bridgehead atoms. The molecule has 0 atom stereocenters. The minimum atomic E-state index is -3.96. The highest BCUT2D eigenvalue weighted by Crippen LogP contribution is 2.32. The van der Waals surface area contributed by atoms with Gasteiger partial charge in [0.1, 0.15) is 4.90 Å². The van der Waals surface area contributed by atoms with E-state index in [4.69, 9.17) is 28.3 Å². The molecule has 0 saturated heterocycles. The number of rotatable bonds is 6. The normalized spacial score (nSPS) is 12.4. The molecule has 0 heterocycles. The Morgan fingerprint density at radius 3 is 2.43 bits per heavy atom. The molecule has 0 aliphatic heterocycles. The van der Waals surface area contributed by atoms with Crippen molar-refractivity contribution in [1.82, 2.24) is 4.72 Å². The Balaban J connectivity index is 3.13. The first kappa shape index (κ1) is 18.2. The molecule has 2 N–H and O–H groups in total. The quantitative estimate of drug-likeness (QED) is 0.822. The van der Waals surface area contributed by atoms with Crippen molar-refractivity contribution in [3.8, 4) is 0 Å². The number of benzene rings is 1. The molecule has 21 heavy (non-hydrogen) atoms. The van der Waals surface area contributed by atoms with Gasteiger partial charge in [0.05, 0.1) is 10.0 Å². The highest BCUT2D eigenvalue weighted by Gasteiger charge is 2.30. The van der Waals surface area contributed by atoms with Gasteiger partial charge in [0.15, 0.2) is 0 Å². The van der Waals surface area contributed by atoms with Gasteiger partial charge in [-0.2, -0.15) is 0 Å². The van der Waals surface area contributed by atoms with E-state index in [1.54, 1.807) is 26.8 Å². The highest BCUT2D eigenvalue weighted by molar-refractivity contribution is 7.89. The maximum absolute atomic E-state index is 12.5. The molecule has 0 unspecified atom stereocenters. The molecule has 0 aliphatic carbocycles. The van der Waals surface area contributed by atoms with Crippen molar-refractivity contribution in [2.75, 3.05) is 0 Å². The van der Waals surface area contributed by atoms with Gasteiger partial charge in [-0.1, -0.05) is 29.3 Å². The number of aliphatic carboxylic acids is 1. The predicted octanol–water partition coefficient (Wildman–Crippen LogP) is 3.22. The largest absolute Gasteiger partial charge is 0.481 e. The van der Waals surface area contributed by atoms with Crippen molar-refractivity contribution in [3.05, 3.63) is 27.7 Å². The zero-order valence-corrected chi connectivity index (χ0v) is 14.2. The van der Waals surface area contributed by atoms with Crippen molar-refractivity contribution < 1.29 is 18.3 Å². The van der Waals surface area contributed by atoms with E-state index < -0.39 is 21.5 Å². The Kier molecular flexibility index (Phi) is 5.66. The summed E-state index contributed by atoms with van der Waals surface area (Å²) >= 11 is 12.0. The summed E-state index contributed by atoms with van der Waals surface area (Å²) in [5.41, 5.74) is -0.349. The summed E-state index contributed by atoms with van der Waals surface area (Å²) in [6.45, 7) is 4.88. The summed E-state index contributed by atoms with van der Waals surface area (Å²) in [5, 5.41) is 8.78. The summed E-state index contributed by atoms with van der Waals surface area (Å²) < 4.78 is 27.4. The maximum atomic E-state index is 12.5. The van der Waals surface area contributed by atoms with Crippen molar-refractivity contribution >= 4 is 39.2 Å². The van der Waals surface area contributed by atoms with Gasteiger partial charge in [-0.05, 0) is 38.8 Å². The third-order valence-electron chi connectivity index (χ3n) is 2.89. The molecule has 0 aliphatic rings. The van der Waals surface area contributed by atoms with Gasteiger partial charge < -0.3 is 5.11 Å². The Morgan fingerprint density at radius 1 is 1.33 bits per heavy atom. The van der Waals surface area contributed by atoms with Crippen molar-refractivity contribution in [2.45, 2.75) is 44.0 Å². The molecule has 0 fully saturated rings. The number of sulfonamides is 1. The van der Waals surface area contributed by atoms with Crippen LogP contribution in [-0.2, 0) is 14.8 Å². The molecule has 118 valence electrons. The Hall–Kier alpha value is -0.820. The SMILES string of the molecule is Cc1ccc(Cl)c(S(=O)(=O)NC(C)(C)CCC(=O)O)c1Cl. The Morgan fingerprint density at radius 2 is 1.90 bits per heavy atom. The minimum absolute atomic E-state index is 0.0205. The number of carboxylic acids is 1. The van der Waals surface area contributed by atoms with Crippen LogP contribution >= 0.6 is 23.2 Å². The fraction of sp³-hybridized carbons (Fsp3) is 0.462. The molecule has 1 aromatic rings. The zero-order valence-electron chi connectivity index (χ0n) is 11.9. The van der Waals surface area contributed by atoms with Crippen LogP contribution in [0.2, 0.25) is 10.0 Å². The van der Waals surface area contributed by atoms with E-state index in [0.717, 1.165) is 0 Å². The highest BCUT2D eigenvalue weighted by atomic mass is 35.5. The van der Waals surface area contributed by atoms with E-state index in [1.165, 1.54) is 6.07 Å². The van der Waals surface area contributed by atoms with Crippen LogP contribution in [0, 0.1) is 6.92 Å². The molecule has 0 saturated carbocycles. The van der Waals surface area contributed by atoms with Crippen molar-refractivity contribution in [3.63, 3.8) is 0 Å². The minimum Gasteiger partial charge on any atom is -0.481 e. The van der Waals surface area contributed by atoms with Gasteiger partial charge >= 0.3 is 5.97 Å². The van der Waals surface area contributed by atoms with Crippen LogP contribution in [0.5, 0.6) is 0 Å². The fourth-order valence-corrected chi connectivity index (χ4v) is 4.40. The van der Waals surface area contributed by atoms with Gasteiger partial charge in [0.2, 0.25) is 10.0 Å². The van der Waals surface area contributed by atoms with Gasteiger partial charge in [0.25, 0.3) is 0 Å². The van der Waals surface area contributed by atoms with Crippen LogP contribution < -0.4 is 4.72 Å². The molecule has 8 heteroatoms. The summed E-state index contributed by atoms with van der Waals surface area (Å²) in [7, 11) is -3.96. The third-order valence-corrected chi connectivity index (χ3v) is 5.69. The molecule has 0 spiro atoms. The number of aryl methyl sites for hydroxylation is 1. The molecule has 5 nitrogen and oxygen atoms in total. The fourth-order valence-electron chi connectivity index (χ4n) is 1.76. The average molecular weight is 354 g/mol. The number of halogens is 2. The molecule has 0 aromatic heterocycles. The maximum Gasteiger partial charge on any atom is 0.303 e. The molecule has 0 radical (unpaired) electrons. The van der Waals surface area contributed by atoms with Gasteiger partial charge in [0, 0.05) is 12.0 Å². The molecular weight excluding hydrogens is 337 g/mol. The smallest absolute Gasteiger partial charge is 0.303 e. The zero-order chi connectivity index (χ0) is 16.4. The average Bonchev–Trinajstić information content (AvgIpc) is 2.30. The monoisotopic (exact) mass is 353 g/mol. The van der Waals surface area contributed by atoms with Crippen LogP contribution in [-0.4, -0.2) is 25.0 Å². The second kappa shape index (κ2) is 6.52. The lowest BCUT2D eigenvalue weighted by atomic mass is 10.0. The standard InChI is InChI=1S/C13H17Cl2NO4S/c1-8-4-5-9(14)12(11(8)15)21(19,20)16-13(2,3)7-6-10(17)18/h4-5,16H,6-7H2,1-3H3,(H,17,18). The van der Waals surface area contributed by atoms with E-state index in [2.05, 4.69) is 4.72 Å². The first-order valence-corrected chi connectivity index (χ1v) is 8.40. The van der Waals surface area contributed by atoms with Crippen molar-refractivity contribution in [2.24, 2.45) is 0 Å². The van der Waals surface area contributed by atoms with Crippen LogP contribution in [0.3, 0.4) is 0 Å². The molecule has 1 aromatic carbocycles. The van der Waals surface area contributed by atoms with E-state index >= 15 is 0 Å². The van der Waals surface area contributed by atoms with E-state index in [9.17, 15) is 13.2 Å². The van der Waals surface area contributed by atoms with Crippen LogP contribution in [0.4, 0.5) is 0 Å². The number of hydrogen-bond acceptors (Lipinski definition) is 3. The van der Waals surface area contributed by atoms with Crippen LogP contribution in [0.1, 0.15) is 32.3 Å². The first-order valence-electron chi connectivity index (χ1n) is 6.17. The van der Waals surface area contributed by atoms with Gasteiger partial charge in [-0.3, -0.25) is 4.79 Å². The van der Waals surface area contributed by atoms with E-state index in [0.29, 0.717) is 5.56 Å². The van der Waals surface area contributed by atoms with Crippen molar-refractivity contribution in [1.29, 1.82) is 0 Å². The summed E-state index contributed by atoms with van der Waals surface area (Å²) in [5.74, 6) is -0.992. The molecule has 1 rings (SSSR count). The number of hydrogen-bond donors (Lipinski definition) is 2. The first-order chi connectivity index (χ1) is 9.46. The van der Waals surface area contributed by atoms with E-state index in [1.807, 2.05) is 0 Å². The predicted molar refractivity (Wildman–Crippen MR) is 82.5 cm³/mol. The summed E-state index contributed by atoms with van der Waals surface area (Å²) in [4.78, 5) is 10.4. The lowest BCUT2D eigenvalue weighted by Crippen LogP contribution is -2.43. The summed E-state index contributed by atoms with van der Waals surface area (Å²) in [6, 6.07) is 3.08. The molecule has 0 amide bonds. The summed E-state index contributed by atoms with van der Waals surface area (Å²) in [6.07, 6.45) is -0.00653. The molecular formula is C13H17Cl2NO4S. The lowest BCUT2D eigenvalue weighted by molar-refractivity contribution is -0.137. The van der Waals surface area contributed by atoms with Gasteiger partial charge in [-0.15, -0.1) is 0 Å². The second-order valence-corrected chi connectivity index (χ2v) is 7.79. The Labute approximate surface area is 134 Å². The van der Waals surface area contributed by atoms with Crippen LogP contribution in [0.25, 0.3) is 0 Å². The van der Waals surface area contributed by atoms with Crippen LogP contribution in [0.15, 0.2) is 17.0 Å². The second-order valence-electron chi connectivity index (χ2n) is 5.39. The lowest BCUT2D eigenvalue weighted by Gasteiger charge is -2.26. The number of nitrogens with one attached hydrogen (secondary N) is 1.